The summed E-state index contributed by atoms with van der Waals surface area (Å²) in [4.78, 5) is 3.57. The van der Waals surface area contributed by atoms with E-state index in [1.165, 1.54) is 0 Å². The Labute approximate surface area is 81.4 Å². The van der Waals surface area contributed by atoms with E-state index in [9.17, 15) is 8.78 Å². The summed E-state index contributed by atoms with van der Waals surface area (Å²) >= 11 is 0. The van der Waals surface area contributed by atoms with Crippen LogP contribution in [-0.2, 0) is 0 Å². The van der Waals surface area contributed by atoms with Crippen molar-refractivity contribution in [1.29, 1.82) is 0 Å². The van der Waals surface area contributed by atoms with Crippen LogP contribution in [0.4, 0.5) is 14.6 Å². The maximum absolute atomic E-state index is 13.0. The number of halogens is 2. The molecule has 0 aromatic carbocycles. The summed E-state index contributed by atoms with van der Waals surface area (Å²) < 4.78 is 25.4. The zero-order valence-electron chi connectivity index (χ0n) is 7.77. The Morgan fingerprint density at radius 2 is 2.29 bits per heavy atom. The lowest BCUT2D eigenvalue weighted by Crippen LogP contribution is -2.04. The Balaban J connectivity index is 2.53. The highest BCUT2D eigenvalue weighted by Gasteiger charge is 2.03. The van der Waals surface area contributed by atoms with Gasteiger partial charge in [-0.2, -0.15) is 0 Å². The predicted octanol–water partition coefficient (Wildman–Crippen LogP) is 2.19. The average Bonchev–Trinajstić information content (AvgIpc) is 2.15. The molecule has 1 aromatic rings. The molecule has 0 fully saturated rings. The number of nitrogens with zero attached hydrogens (tertiary/aromatic N) is 1. The van der Waals surface area contributed by atoms with Gasteiger partial charge in [-0.25, -0.2) is 13.8 Å². The predicted molar refractivity (Wildman–Crippen MR) is 50.7 cm³/mol. The first-order valence-corrected chi connectivity index (χ1v) is 4.18. The standard InChI is InChI=1S/C10H10F2N2/c1-2-3-4-5-13-10-9(12)6-8(11)7-14-10/h6-7H,4-5H2,1H3,(H,13,14). The van der Waals surface area contributed by atoms with Crippen molar-refractivity contribution in [3.8, 4) is 11.8 Å². The van der Waals surface area contributed by atoms with Gasteiger partial charge in [0, 0.05) is 19.0 Å². The Morgan fingerprint density at radius 3 is 2.93 bits per heavy atom. The zero-order valence-corrected chi connectivity index (χ0v) is 7.77. The lowest BCUT2D eigenvalue weighted by Gasteiger charge is -2.03. The lowest BCUT2D eigenvalue weighted by molar-refractivity contribution is 0.575. The van der Waals surface area contributed by atoms with Gasteiger partial charge in [-0.3, -0.25) is 0 Å². The van der Waals surface area contributed by atoms with E-state index >= 15 is 0 Å². The summed E-state index contributed by atoms with van der Waals surface area (Å²) in [6.45, 7) is 2.23. The SMILES string of the molecule is CC#CCCNc1ncc(F)cc1F. The molecule has 0 amide bonds. The van der Waals surface area contributed by atoms with E-state index in [0.29, 0.717) is 13.0 Å². The average molecular weight is 196 g/mol. The fourth-order valence-corrected chi connectivity index (χ4v) is 0.913. The minimum absolute atomic E-state index is 0.0595. The number of anilines is 1. The van der Waals surface area contributed by atoms with E-state index in [2.05, 4.69) is 22.1 Å². The molecule has 74 valence electrons. The molecule has 0 aliphatic carbocycles. The normalized spacial score (nSPS) is 9.07. The first-order chi connectivity index (χ1) is 6.74. The molecule has 14 heavy (non-hydrogen) atoms. The van der Waals surface area contributed by atoms with Gasteiger partial charge < -0.3 is 5.32 Å². The Hall–Kier alpha value is -1.63. The lowest BCUT2D eigenvalue weighted by atomic mass is 10.4. The Morgan fingerprint density at radius 1 is 1.50 bits per heavy atom. The van der Waals surface area contributed by atoms with Crippen molar-refractivity contribution < 1.29 is 8.78 Å². The minimum atomic E-state index is -0.686. The number of rotatable bonds is 3. The second kappa shape index (κ2) is 5.18. The highest BCUT2D eigenvalue weighted by Crippen LogP contribution is 2.10. The molecule has 0 aliphatic heterocycles. The third kappa shape index (κ3) is 3.02. The molecule has 1 aromatic heterocycles. The van der Waals surface area contributed by atoms with Gasteiger partial charge in [0.2, 0.25) is 0 Å². The van der Waals surface area contributed by atoms with Crippen molar-refractivity contribution >= 4 is 5.82 Å². The van der Waals surface area contributed by atoms with Crippen LogP contribution in [0.15, 0.2) is 12.3 Å². The highest BCUT2D eigenvalue weighted by molar-refractivity contribution is 5.35. The van der Waals surface area contributed by atoms with Gasteiger partial charge in [-0.05, 0) is 6.92 Å². The number of pyridine rings is 1. The smallest absolute Gasteiger partial charge is 0.168 e. The van der Waals surface area contributed by atoms with Crippen LogP contribution in [-0.4, -0.2) is 11.5 Å². The molecular formula is C10H10F2N2. The van der Waals surface area contributed by atoms with Crippen molar-refractivity contribution in [3.63, 3.8) is 0 Å². The molecule has 0 unspecified atom stereocenters. The summed E-state index contributed by atoms with van der Waals surface area (Å²) in [5.41, 5.74) is 0. The largest absolute Gasteiger partial charge is 0.367 e. The van der Waals surface area contributed by atoms with E-state index in [4.69, 9.17) is 0 Å². The Bertz CT molecular complexity index is 366. The summed E-state index contributed by atoms with van der Waals surface area (Å²) in [5.74, 6) is 4.22. The molecule has 0 aliphatic rings. The molecule has 0 spiro atoms. The Kier molecular flexibility index (Phi) is 3.86. The van der Waals surface area contributed by atoms with Gasteiger partial charge in [0.05, 0.1) is 6.20 Å². The molecule has 0 bridgehead atoms. The van der Waals surface area contributed by atoms with Crippen LogP contribution in [0.3, 0.4) is 0 Å². The van der Waals surface area contributed by atoms with E-state index in [0.717, 1.165) is 12.3 Å². The van der Waals surface area contributed by atoms with Crippen molar-refractivity contribution in [2.75, 3.05) is 11.9 Å². The number of nitrogens with one attached hydrogen (secondary N) is 1. The van der Waals surface area contributed by atoms with Crippen LogP contribution in [0.2, 0.25) is 0 Å². The molecule has 0 saturated heterocycles. The van der Waals surface area contributed by atoms with Crippen LogP contribution >= 0.6 is 0 Å². The van der Waals surface area contributed by atoms with Gasteiger partial charge in [-0.15, -0.1) is 11.8 Å². The topological polar surface area (TPSA) is 24.9 Å². The fourth-order valence-electron chi connectivity index (χ4n) is 0.913. The molecular weight excluding hydrogens is 186 g/mol. The molecule has 1 rings (SSSR count). The minimum Gasteiger partial charge on any atom is -0.367 e. The monoisotopic (exact) mass is 196 g/mol. The summed E-state index contributed by atoms with van der Waals surface area (Å²) in [6, 6.07) is 0.792. The molecule has 0 atom stereocenters. The molecule has 2 nitrogen and oxygen atoms in total. The maximum atomic E-state index is 13.0. The summed E-state index contributed by atoms with van der Waals surface area (Å²) in [7, 11) is 0. The number of hydrogen-bond donors (Lipinski definition) is 1. The van der Waals surface area contributed by atoms with Crippen molar-refractivity contribution in [1.82, 2.24) is 4.98 Å². The van der Waals surface area contributed by atoms with E-state index < -0.39 is 11.6 Å². The van der Waals surface area contributed by atoms with Crippen LogP contribution in [0, 0.1) is 23.5 Å². The van der Waals surface area contributed by atoms with Crippen molar-refractivity contribution in [3.05, 3.63) is 23.9 Å². The van der Waals surface area contributed by atoms with Gasteiger partial charge in [0.1, 0.15) is 5.82 Å². The van der Waals surface area contributed by atoms with Crippen molar-refractivity contribution in [2.45, 2.75) is 13.3 Å². The molecule has 4 heteroatoms. The fraction of sp³-hybridized carbons (Fsp3) is 0.300. The third-order valence-electron chi connectivity index (χ3n) is 1.53. The van der Waals surface area contributed by atoms with Gasteiger partial charge >= 0.3 is 0 Å². The van der Waals surface area contributed by atoms with Gasteiger partial charge in [-0.1, -0.05) is 0 Å². The second-order valence-corrected chi connectivity index (χ2v) is 2.59. The molecule has 0 radical (unpaired) electrons. The number of hydrogen-bond acceptors (Lipinski definition) is 2. The number of aromatic nitrogens is 1. The first kappa shape index (κ1) is 10.5. The van der Waals surface area contributed by atoms with E-state index in [1.807, 2.05) is 0 Å². The summed E-state index contributed by atoms with van der Waals surface area (Å²) in [6.07, 6.45) is 1.58. The van der Waals surface area contributed by atoms with Crippen molar-refractivity contribution in [2.24, 2.45) is 0 Å². The van der Waals surface area contributed by atoms with E-state index in [1.54, 1.807) is 6.92 Å². The molecule has 0 saturated carbocycles. The van der Waals surface area contributed by atoms with Gasteiger partial charge in [0.25, 0.3) is 0 Å². The summed E-state index contributed by atoms with van der Waals surface area (Å²) in [5, 5.41) is 2.72. The van der Waals surface area contributed by atoms with Crippen LogP contribution in [0.25, 0.3) is 0 Å². The second-order valence-electron chi connectivity index (χ2n) is 2.59. The molecule has 1 heterocycles. The van der Waals surface area contributed by atoms with Gasteiger partial charge in [0.15, 0.2) is 11.6 Å². The van der Waals surface area contributed by atoms with Crippen LogP contribution in [0.5, 0.6) is 0 Å². The third-order valence-corrected chi connectivity index (χ3v) is 1.53. The zero-order chi connectivity index (χ0) is 10.4. The highest BCUT2D eigenvalue weighted by atomic mass is 19.1. The van der Waals surface area contributed by atoms with Crippen LogP contribution in [0.1, 0.15) is 13.3 Å². The maximum Gasteiger partial charge on any atom is 0.168 e. The first-order valence-electron chi connectivity index (χ1n) is 4.18. The van der Waals surface area contributed by atoms with Crippen LogP contribution < -0.4 is 5.32 Å². The molecule has 1 N–H and O–H groups in total. The van der Waals surface area contributed by atoms with E-state index in [-0.39, 0.29) is 5.82 Å². The quantitative estimate of drug-likeness (QED) is 0.592.